The fourth-order valence-electron chi connectivity index (χ4n) is 3.45. The SMILES string of the molecule is Cn1ccnc1C(O)(CC(=O)N1CCN(Cc2ccc(F)cc2Cl)CC1)C(F)(F)F. The van der Waals surface area contributed by atoms with E-state index >= 15 is 0 Å². The summed E-state index contributed by atoms with van der Waals surface area (Å²) in [6, 6.07) is 4.09. The summed E-state index contributed by atoms with van der Waals surface area (Å²) in [4.78, 5) is 19.4. The van der Waals surface area contributed by atoms with Crippen LogP contribution in [0.2, 0.25) is 5.02 Å². The van der Waals surface area contributed by atoms with E-state index in [1.807, 2.05) is 4.90 Å². The highest BCUT2D eigenvalue weighted by atomic mass is 35.5. The molecule has 1 aliphatic heterocycles. The number of carbonyl (C=O) groups is 1. The lowest BCUT2D eigenvalue weighted by Crippen LogP contribution is -2.52. The van der Waals surface area contributed by atoms with Gasteiger partial charge in [-0.2, -0.15) is 13.2 Å². The molecule has 0 spiro atoms. The Kier molecular flexibility index (Phi) is 6.40. The summed E-state index contributed by atoms with van der Waals surface area (Å²) in [5.41, 5.74) is -2.65. The van der Waals surface area contributed by atoms with E-state index in [0.29, 0.717) is 24.7 Å². The van der Waals surface area contributed by atoms with Crippen molar-refractivity contribution in [2.45, 2.75) is 24.7 Å². The zero-order chi connectivity index (χ0) is 22.1. The molecule has 6 nitrogen and oxygen atoms in total. The summed E-state index contributed by atoms with van der Waals surface area (Å²) in [5, 5.41) is 10.7. The number of hydrogen-bond donors (Lipinski definition) is 1. The molecule has 0 aliphatic carbocycles. The summed E-state index contributed by atoms with van der Waals surface area (Å²) in [6.45, 7) is 1.65. The molecule has 1 aromatic carbocycles. The van der Waals surface area contributed by atoms with E-state index in [0.717, 1.165) is 16.3 Å². The second-order valence-electron chi connectivity index (χ2n) is 7.29. The number of imidazole rings is 1. The van der Waals surface area contributed by atoms with Gasteiger partial charge >= 0.3 is 6.18 Å². The molecule has 0 saturated carbocycles. The number of aryl methyl sites for hydroxylation is 1. The van der Waals surface area contributed by atoms with Gasteiger partial charge in [-0.25, -0.2) is 9.37 Å². The smallest absolute Gasteiger partial charge is 0.374 e. The lowest BCUT2D eigenvalue weighted by atomic mass is 9.96. The topological polar surface area (TPSA) is 61.6 Å². The fourth-order valence-corrected chi connectivity index (χ4v) is 3.67. The molecule has 1 fully saturated rings. The van der Waals surface area contributed by atoms with Crippen LogP contribution in [0.25, 0.3) is 0 Å². The fraction of sp³-hybridized carbons (Fsp3) is 0.474. The van der Waals surface area contributed by atoms with Gasteiger partial charge in [-0.15, -0.1) is 0 Å². The summed E-state index contributed by atoms with van der Waals surface area (Å²) >= 11 is 6.03. The average Bonchev–Trinajstić information content (AvgIpc) is 3.10. The first-order valence-corrected chi connectivity index (χ1v) is 9.60. The van der Waals surface area contributed by atoms with E-state index in [2.05, 4.69) is 4.98 Å². The predicted molar refractivity (Wildman–Crippen MR) is 101 cm³/mol. The van der Waals surface area contributed by atoms with Gasteiger partial charge in [0.1, 0.15) is 5.82 Å². The number of hydrogen-bond acceptors (Lipinski definition) is 4. The number of aliphatic hydroxyl groups is 1. The quantitative estimate of drug-likeness (QED) is 0.714. The maximum atomic E-state index is 13.6. The minimum atomic E-state index is -5.07. The van der Waals surface area contributed by atoms with Crippen molar-refractivity contribution in [3.8, 4) is 0 Å². The van der Waals surface area contributed by atoms with Crippen molar-refractivity contribution >= 4 is 17.5 Å². The van der Waals surface area contributed by atoms with E-state index in [1.165, 1.54) is 30.3 Å². The van der Waals surface area contributed by atoms with Crippen LogP contribution in [0.5, 0.6) is 0 Å². The molecule has 3 rings (SSSR count). The van der Waals surface area contributed by atoms with Crippen molar-refractivity contribution in [2.75, 3.05) is 26.2 Å². The van der Waals surface area contributed by atoms with Gasteiger partial charge in [0, 0.05) is 57.2 Å². The zero-order valence-corrected chi connectivity index (χ0v) is 16.9. The number of benzene rings is 1. The minimum Gasteiger partial charge on any atom is -0.374 e. The van der Waals surface area contributed by atoms with E-state index in [-0.39, 0.29) is 13.1 Å². The molecule has 1 saturated heterocycles. The number of nitrogens with zero attached hydrogens (tertiary/aromatic N) is 4. The van der Waals surface area contributed by atoms with Gasteiger partial charge in [0.25, 0.3) is 0 Å². The molecule has 1 aliphatic rings. The van der Waals surface area contributed by atoms with Gasteiger partial charge in [-0.3, -0.25) is 9.69 Å². The van der Waals surface area contributed by atoms with Crippen LogP contribution in [-0.4, -0.2) is 62.7 Å². The molecule has 1 N–H and O–H groups in total. The highest BCUT2D eigenvalue weighted by molar-refractivity contribution is 6.31. The van der Waals surface area contributed by atoms with Crippen LogP contribution in [0, 0.1) is 5.82 Å². The molecule has 2 aromatic rings. The van der Waals surface area contributed by atoms with Gasteiger partial charge < -0.3 is 14.6 Å². The third-order valence-electron chi connectivity index (χ3n) is 5.20. The van der Waals surface area contributed by atoms with Gasteiger partial charge in [0.05, 0.1) is 6.42 Å². The number of rotatable bonds is 5. The Labute approximate surface area is 175 Å². The Morgan fingerprint density at radius 1 is 1.23 bits per heavy atom. The van der Waals surface area contributed by atoms with E-state index in [4.69, 9.17) is 11.6 Å². The summed E-state index contributed by atoms with van der Waals surface area (Å²) in [6.07, 6.45) is -3.81. The van der Waals surface area contributed by atoms with Crippen LogP contribution in [0.1, 0.15) is 17.8 Å². The van der Waals surface area contributed by atoms with Crippen LogP contribution in [0.3, 0.4) is 0 Å². The number of halogens is 5. The Balaban J connectivity index is 1.63. The van der Waals surface area contributed by atoms with Crippen LogP contribution in [0.4, 0.5) is 17.6 Å². The van der Waals surface area contributed by atoms with Gasteiger partial charge in [0.2, 0.25) is 11.5 Å². The first-order chi connectivity index (χ1) is 14.0. The molecule has 1 aromatic heterocycles. The number of amides is 1. The van der Waals surface area contributed by atoms with E-state index in [1.54, 1.807) is 6.07 Å². The lowest BCUT2D eigenvalue weighted by Gasteiger charge is -2.37. The Morgan fingerprint density at radius 3 is 2.43 bits per heavy atom. The maximum absolute atomic E-state index is 13.6. The first kappa shape index (κ1) is 22.5. The molecule has 2 heterocycles. The molecule has 0 radical (unpaired) electrons. The Bertz CT molecular complexity index is 912. The van der Waals surface area contributed by atoms with Crippen molar-refractivity contribution in [2.24, 2.45) is 7.05 Å². The highest BCUT2D eigenvalue weighted by Gasteiger charge is 2.59. The molecule has 1 atom stereocenters. The molecular weight excluding hydrogens is 428 g/mol. The molecule has 0 bridgehead atoms. The number of alkyl halides is 3. The standard InChI is InChI=1S/C19H21ClF4N4O2/c1-26-5-4-25-17(26)18(30,19(22,23)24)11-16(29)28-8-6-27(7-9-28)12-13-2-3-14(21)10-15(13)20/h2-5,10,30H,6-9,11-12H2,1H3. The van der Waals surface area contributed by atoms with Crippen molar-refractivity contribution in [3.63, 3.8) is 0 Å². The molecular formula is C19H21ClF4N4O2. The second kappa shape index (κ2) is 8.52. The molecule has 11 heteroatoms. The third-order valence-corrected chi connectivity index (χ3v) is 5.55. The Morgan fingerprint density at radius 2 is 1.90 bits per heavy atom. The van der Waals surface area contributed by atoms with Crippen LogP contribution >= 0.6 is 11.6 Å². The molecule has 164 valence electrons. The largest absolute Gasteiger partial charge is 0.425 e. The van der Waals surface area contributed by atoms with E-state index < -0.39 is 35.7 Å². The van der Waals surface area contributed by atoms with Crippen LogP contribution in [-0.2, 0) is 24.0 Å². The number of aromatic nitrogens is 2. The summed E-state index contributed by atoms with van der Waals surface area (Å²) in [7, 11) is 1.32. The minimum absolute atomic E-state index is 0.201. The lowest BCUT2D eigenvalue weighted by molar-refractivity contribution is -0.272. The van der Waals surface area contributed by atoms with Crippen LogP contribution < -0.4 is 0 Å². The predicted octanol–water partition coefficient (Wildman–Crippen LogP) is 2.70. The van der Waals surface area contributed by atoms with Crippen molar-refractivity contribution in [1.82, 2.24) is 19.4 Å². The third kappa shape index (κ3) is 4.60. The highest BCUT2D eigenvalue weighted by Crippen LogP contribution is 2.41. The van der Waals surface area contributed by atoms with E-state index in [9.17, 15) is 27.5 Å². The zero-order valence-electron chi connectivity index (χ0n) is 16.2. The number of piperazine rings is 1. The molecule has 30 heavy (non-hydrogen) atoms. The number of carbonyl (C=O) groups excluding carboxylic acids is 1. The van der Waals surface area contributed by atoms with Gasteiger partial charge in [-0.1, -0.05) is 17.7 Å². The van der Waals surface area contributed by atoms with Crippen LogP contribution in [0.15, 0.2) is 30.6 Å². The summed E-state index contributed by atoms with van der Waals surface area (Å²) < 4.78 is 55.1. The Hall–Kier alpha value is -2.17. The average molecular weight is 449 g/mol. The molecule has 1 unspecified atom stereocenters. The van der Waals surface area contributed by atoms with Crippen molar-refractivity contribution in [1.29, 1.82) is 0 Å². The van der Waals surface area contributed by atoms with Crippen molar-refractivity contribution in [3.05, 3.63) is 52.8 Å². The molecule has 1 amide bonds. The van der Waals surface area contributed by atoms with Gasteiger partial charge in [-0.05, 0) is 17.7 Å². The second-order valence-corrected chi connectivity index (χ2v) is 7.70. The first-order valence-electron chi connectivity index (χ1n) is 9.22. The normalized spacial score (nSPS) is 17.8. The monoisotopic (exact) mass is 448 g/mol. The summed E-state index contributed by atoms with van der Waals surface area (Å²) in [5.74, 6) is -1.88. The maximum Gasteiger partial charge on any atom is 0.425 e. The van der Waals surface area contributed by atoms with Crippen molar-refractivity contribution < 1.29 is 27.5 Å². The van der Waals surface area contributed by atoms with Gasteiger partial charge in [0.15, 0.2) is 5.82 Å².